The van der Waals surface area contributed by atoms with Gasteiger partial charge in [-0.15, -0.1) is 0 Å². The van der Waals surface area contributed by atoms with Gasteiger partial charge in [-0.1, -0.05) is 13.0 Å². The van der Waals surface area contributed by atoms with Gasteiger partial charge in [0.1, 0.15) is 5.60 Å². The molecule has 1 aliphatic heterocycles. The Labute approximate surface area is 143 Å². The molecule has 1 aromatic rings. The number of carbonyl (C=O) groups is 2. The molecular weight excluding hydrogens is 308 g/mol. The molecule has 6 nitrogen and oxygen atoms in total. The summed E-state index contributed by atoms with van der Waals surface area (Å²) in [6.45, 7) is 8.30. The zero-order valence-corrected chi connectivity index (χ0v) is 14.9. The zero-order chi connectivity index (χ0) is 18.0. The highest BCUT2D eigenvalue weighted by atomic mass is 16.6. The summed E-state index contributed by atoms with van der Waals surface area (Å²) in [4.78, 5) is 29.1. The van der Waals surface area contributed by atoms with Gasteiger partial charge in [-0.3, -0.25) is 4.98 Å². The van der Waals surface area contributed by atoms with E-state index in [1.807, 2.05) is 13.0 Å². The molecule has 1 saturated heterocycles. The van der Waals surface area contributed by atoms with E-state index in [1.54, 1.807) is 39.2 Å². The van der Waals surface area contributed by atoms with E-state index < -0.39 is 23.7 Å². The van der Waals surface area contributed by atoms with Crippen molar-refractivity contribution in [3.63, 3.8) is 0 Å². The van der Waals surface area contributed by atoms with Gasteiger partial charge in [-0.25, -0.2) is 9.28 Å². The number of hydrogen-bond acceptors (Lipinski definition) is 4. The number of carbonyl (C=O) groups excluding carboxylic acids is 1. The van der Waals surface area contributed by atoms with Crippen molar-refractivity contribution < 1.29 is 23.9 Å². The second-order valence-corrected chi connectivity index (χ2v) is 7.43. The van der Waals surface area contributed by atoms with E-state index in [2.05, 4.69) is 4.98 Å². The van der Waals surface area contributed by atoms with Crippen LogP contribution in [0.3, 0.4) is 0 Å². The Hall–Kier alpha value is -1.95. The Morgan fingerprint density at radius 1 is 1.42 bits per heavy atom. The van der Waals surface area contributed by atoms with E-state index in [0.29, 0.717) is 25.9 Å². The lowest BCUT2D eigenvalue weighted by molar-refractivity contribution is -0.863. The van der Waals surface area contributed by atoms with Crippen LogP contribution in [0, 0.1) is 0 Å². The second-order valence-electron chi connectivity index (χ2n) is 7.43. The number of carboxylic acids is 1. The first-order valence-corrected chi connectivity index (χ1v) is 8.44. The monoisotopic (exact) mass is 335 g/mol. The molecule has 0 aliphatic carbocycles. The summed E-state index contributed by atoms with van der Waals surface area (Å²) in [5.74, 6) is -1.20. The lowest BCUT2D eigenvalue weighted by Crippen LogP contribution is -2.61. The fourth-order valence-electron chi connectivity index (χ4n) is 3.64. The van der Waals surface area contributed by atoms with Crippen LogP contribution >= 0.6 is 0 Å². The SMILES string of the molecule is CCC[N+]1(C(=O)OC(C)(C)C)CCC(c2cccnc2)[C@H]1C(=O)O. The van der Waals surface area contributed by atoms with Crippen molar-refractivity contribution in [2.45, 2.75) is 58.1 Å². The summed E-state index contributed by atoms with van der Waals surface area (Å²) in [6.07, 6.45) is 4.26. The second kappa shape index (κ2) is 6.89. The van der Waals surface area contributed by atoms with E-state index in [0.717, 1.165) is 5.56 Å². The Kier molecular flexibility index (Phi) is 5.28. The molecule has 2 heterocycles. The summed E-state index contributed by atoms with van der Waals surface area (Å²) in [5, 5.41) is 9.91. The van der Waals surface area contributed by atoms with E-state index in [9.17, 15) is 14.7 Å². The van der Waals surface area contributed by atoms with Crippen molar-refractivity contribution >= 4 is 12.1 Å². The third kappa shape index (κ3) is 3.59. The van der Waals surface area contributed by atoms with Gasteiger partial charge in [0.2, 0.25) is 6.04 Å². The fraction of sp³-hybridized carbons (Fsp3) is 0.611. The molecule has 132 valence electrons. The van der Waals surface area contributed by atoms with Crippen LogP contribution in [-0.2, 0) is 9.53 Å². The molecule has 2 unspecified atom stereocenters. The van der Waals surface area contributed by atoms with Crippen molar-refractivity contribution in [2.75, 3.05) is 13.1 Å². The van der Waals surface area contributed by atoms with Gasteiger partial charge in [0.15, 0.2) is 0 Å². The molecule has 3 atom stereocenters. The number of aromatic nitrogens is 1. The molecule has 0 aromatic carbocycles. The molecule has 1 aromatic heterocycles. The highest BCUT2D eigenvalue weighted by molar-refractivity contribution is 5.77. The maximum Gasteiger partial charge on any atom is 0.517 e. The zero-order valence-electron chi connectivity index (χ0n) is 14.9. The Morgan fingerprint density at radius 2 is 2.12 bits per heavy atom. The summed E-state index contributed by atoms with van der Waals surface area (Å²) in [5.41, 5.74) is 0.218. The van der Waals surface area contributed by atoms with Gasteiger partial charge in [-0.05, 0) is 38.8 Å². The van der Waals surface area contributed by atoms with Gasteiger partial charge in [0.05, 0.1) is 19.0 Å². The largest absolute Gasteiger partial charge is 0.517 e. The van der Waals surface area contributed by atoms with Gasteiger partial charge >= 0.3 is 12.1 Å². The normalized spacial score (nSPS) is 27.0. The quantitative estimate of drug-likeness (QED) is 0.855. The van der Waals surface area contributed by atoms with Crippen LogP contribution in [0.5, 0.6) is 0 Å². The van der Waals surface area contributed by atoms with Gasteiger partial charge < -0.3 is 9.84 Å². The maximum absolute atomic E-state index is 12.9. The van der Waals surface area contributed by atoms with Crippen molar-refractivity contribution in [3.8, 4) is 0 Å². The van der Waals surface area contributed by atoms with E-state index in [-0.39, 0.29) is 10.4 Å². The minimum atomic E-state index is -0.958. The summed E-state index contributed by atoms with van der Waals surface area (Å²) in [6, 6.07) is 2.84. The lowest BCUT2D eigenvalue weighted by Gasteiger charge is -2.36. The Morgan fingerprint density at radius 3 is 2.62 bits per heavy atom. The molecule has 2 rings (SSSR count). The molecular formula is C18H27N2O4+. The fourth-order valence-corrected chi connectivity index (χ4v) is 3.64. The molecule has 1 amide bonds. The average Bonchev–Trinajstić information content (AvgIpc) is 2.88. The minimum Gasteiger partial charge on any atom is -0.477 e. The molecule has 24 heavy (non-hydrogen) atoms. The standard InChI is InChI=1S/C18H26N2O4/c1-5-10-20(17(23)24-18(2,3)4)11-8-14(15(20)16(21)22)13-7-6-9-19-12-13/h6-7,9,12,14-15H,5,8,10-11H2,1-4H3/p+1/t14?,15-,20?/m0/s1. The van der Waals surface area contributed by atoms with Gasteiger partial charge in [0.25, 0.3) is 0 Å². The van der Waals surface area contributed by atoms with Crippen molar-refractivity contribution in [1.29, 1.82) is 0 Å². The molecule has 1 fully saturated rings. The molecule has 1 N–H and O–H groups in total. The highest BCUT2D eigenvalue weighted by Crippen LogP contribution is 2.40. The van der Waals surface area contributed by atoms with Crippen molar-refractivity contribution in [2.24, 2.45) is 0 Å². The number of carboxylic acid groups (broad SMARTS) is 1. The van der Waals surface area contributed by atoms with Crippen molar-refractivity contribution in [1.82, 2.24) is 4.98 Å². The third-order valence-electron chi connectivity index (χ3n) is 4.50. The number of ether oxygens (including phenoxy) is 1. The minimum absolute atomic E-state index is 0.150. The maximum atomic E-state index is 12.9. The number of nitrogens with zero attached hydrogens (tertiary/aromatic N) is 2. The molecule has 1 aliphatic rings. The topological polar surface area (TPSA) is 76.5 Å². The number of quaternary nitrogens is 1. The smallest absolute Gasteiger partial charge is 0.477 e. The first-order chi connectivity index (χ1) is 11.2. The lowest BCUT2D eigenvalue weighted by atomic mass is 9.92. The molecule has 0 saturated carbocycles. The van der Waals surface area contributed by atoms with Crippen LogP contribution < -0.4 is 0 Å². The van der Waals surface area contributed by atoms with Crippen LogP contribution in [0.15, 0.2) is 24.5 Å². The average molecular weight is 335 g/mol. The number of amides is 1. The van der Waals surface area contributed by atoms with E-state index in [4.69, 9.17) is 4.74 Å². The number of aliphatic carboxylic acids is 1. The predicted octanol–water partition coefficient (Wildman–Crippen LogP) is 3.18. The number of hydrogen-bond donors (Lipinski definition) is 1. The summed E-state index contributed by atoms with van der Waals surface area (Å²) < 4.78 is 5.45. The first kappa shape index (κ1) is 18.4. The van der Waals surface area contributed by atoms with Crippen LogP contribution in [-0.4, -0.2) is 51.4 Å². The van der Waals surface area contributed by atoms with Crippen LogP contribution in [0.4, 0.5) is 4.79 Å². The van der Waals surface area contributed by atoms with Crippen molar-refractivity contribution in [3.05, 3.63) is 30.1 Å². The van der Waals surface area contributed by atoms with Gasteiger partial charge in [-0.2, -0.15) is 4.79 Å². The summed E-state index contributed by atoms with van der Waals surface area (Å²) >= 11 is 0. The van der Waals surface area contributed by atoms with E-state index >= 15 is 0 Å². The number of pyridine rings is 1. The molecule has 6 heteroatoms. The third-order valence-corrected chi connectivity index (χ3v) is 4.50. The van der Waals surface area contributed by atoms with Crippen LogP contribution in [0.1, 0.15) is 52.0 Å². The van der Waals surface area contributed by atoms with Crippen LogP contribution in [0.25, 0.3) is 0 Å². The Bertz CT molecular complexity index is 597. The number of likely N-dealkylation sites (tertiary alicyclic amines) is 1. The Balaban J connectivity index is 2.43. The first-order valence-electron chi connectivity index (χ1n) is 8.44. The summed E-state index contributed by atoms with van der Waals surface area (Å²) in [7, 11) is 0. The highest BCUT2D eigenvalue weighted by Gasteiger charge is 2.59. The number of rotatable bonds is 4. The van der Waals surface area contributed by atoms with Gasteiger partial charge in [0, 0.05) is 18.8 Å². The van der Waals surface area contributed by atoms with E-state index in [1.165, 1.54) is 0 Å². The predicted molar refractivity (Wildman–Crippen MR) is 89.5 cm³/mol. The van der Waals surface area contributed by atoms with Crippen LogP contribution in [0.2, 0.25) is 0 Å². The molecule has 0 radical (unpaired) electrons. The molecule has 0 bridgehead atoms. The molecule has 0 spiro atoms.